The van der Waals surface area contributed by atoms with Crippen molar-refractivity contribution in [1.82, 2.24) is 4.98 Å². The molecule has 1 aliphatic rings. The zero-order valence-electron chi connectivity index (χ0n) is 10.0. The number of aliphatic imine (C=N–C) groups is 1. The number of aromatic hydroxyl groups is 1. The van der Waals surface area contributed by atoms with E-state index >= 15 is 0 Å². The minimum Gasteiger partial charge on any atom is -0.503 e. The van der Waals surface area contributed by atoms with Crippen LogP contribution in [0.4, 0.5) is 0 Å². The monoisotopic (exact) mass is 298 g/mol. The number of aromatic nitrogens is 1. The second-order valence-corrected chi connectivity index (χ2v) is 4.80. The van der Waals surface area contributed by atoms with Crippen LogP contribution in [0, 0.1) is 0 Å². The lowest BCUT2D eigenvalue weighted by molar-refractivity contribution is -0.139. The largest absolute Gasteiger partial charge is 0.503 e. The van der Waals surface area contributed by atoms with Crippen molar-refractivity contribution in [3.05, 3.63) is 18.0 Å². The zero-order valence-corrected chi connectivity index (χ0v) is 10.8. The van der Waals surface area contributed by atoms with Gasteiger partial charge < -0.3 is 20.1 Å². The number of rotatable bonds is 5. The van der Waals surface area contributed by atoms with Crippen LogP contribution in [0.2, 0.25) is 0 Å². The van der Waals surface area contributed by atoms with E-state index in [-0.39, 0.29) is 28.0 Å². The molecule has 20 heavy (non-hydrogen) atoms. The van der Waals surface area contributed by atoms with E-state index in [1.54, 1.807) is 0 Å². The van der Waals surface area contributed by atoms with Crippen LogP contribution in [0.5, 0.6) is 11.5 Å². The van der Waals surface area contributed by atoms with Crippen molar-refractivity contribution in [2.45, 2.75) is 6.04 Å². The van der Waals surface area contributed by atoms with Crippen LogP contribution < -0.4 is 4.74 Å². The number of thioether (sulfide) groups is 1. The molecule has 9 heteroatoms. The molecule has 106 valence electrons. The lowest BCUT2D eigenvalue weighted by atomic mass is 10.3. The fourth-order valence-corrected chi connectivity index (χ4v) is 2.50. The van der Waals surface area contributed by atoms with Crippen LogP contribution >= 0.6 is 11.8 Å². The van der Waals surface area contributed by atoms with Crippen LogP contribution in [-0.4, -0.2) is 55.7 Å². The minimum absolute atomic E-state index is 0.0422. The molecule has 2 rings (SSSR count). The SMILES string of the molecule is O=C(O)COc1ccnc(C2=NC(C(=O)O)CS2)c1O. The summed E-state index contributed by atoms with van der Waals surface area (Å²) in [5, 5.41) is 27.6. The Kier molecular flexibility index (Phi) is 4.08. The molecule has 0 radical (unpaired) electrons. The summed E-state index contributed by atoms with van der Waals surface area (Å²) >= 11 is 1.15. The third-order valence-corrected chi connectivity index (χ3v) is 3.43. The van der Waals surface area contributed by atoms with Gasteiger partial charge in [0.05, 0.1) is 0 Å². The standard InChI is InChI=1S/C11H10N2O6S/c14-7(15)3-19-6-1-2-12-8(9(6)16)10-13-5(4-20-10)11(17)18/h1-2,5,16H,3-4H2,(H,14,15)(H,17,18). The molecule has 0 aromatic carbocycles. The van der Waals surface area contributed by atoms with Crippen LogP contribution in [0.25, 0.3) is 0 Å². The molecule has 1 aromatic heterocycles. The van der Waals surface area contributed by atoms with E-state index in [2.05, 4.69) is 9.98 Å². The summed E-state index contributed by atoms with van der Waals surface area (Å²) in [4.78, 5) is 29.1. The summed E-state index contributed by atoms with van der Waals surface area (Å²) in [6.45, 7) is -0.603. The maximum Gasteiger partial charge on any atom is 0.341 e. The number of carboxylic acids is 2. The van der Waals surface area contributed by atoms with Crippen molar-refractivity contribution in [2.24, 2.45) is 4.99 Å². The van der Waals surface area contributed by atoms with Gasteiger partial charge in [0.25, 0.3) is 0 Å². The van der Waals surface area contributed by atoms with Gasteiger partial charge in [0, 0.05) is 18.0 Å². The predicted octanol–water partition coefficient (Wildman–Crippen LogP) is 0.197. The summed E-state index contributed by atoms with van der Waals surface area (Å²) < 4.78 is 4.90. The molecule has 0 spiro atoms. The second kappa shape index (κ2) is 5.78. The van der Waals surface area contributed by atoms with Crippen LogP contribution in [0.3, 0.4) is 0 Å². The van der Waals surface area contributed by atoms with Crippen molar-refractivity contribution >= 4 is 28.7 Å². The van der Waals surface area contributed by atoms with Crippen molar-refractivity contribution < 1.29 is 29.6 Å². The van der Waals surface area contributed by atoms with Crippen LogP contribution in [-0.2, 0) is 9.59 Å². The molecule has 0 fully saturated rings. The molecule has 3 N–H and O–H groups in total. The number of hydrogen-bond acceptors (Lipinski definition) is 7. The topological polar surface area (TPSA) is 129 Å². The third kappa shape index (κ3) is 2.99. The molecular formula is C11H10N2O6S. The highest BCUT2D eigenvalue weighted by Gasteiger charge is 2.28. The van der Waals surface area contributed by atoms with Gasteiger partial charge in [-0.1, -0.05) is 0 Å². The summed E-state index contributed by atoms with van der Waals surface area (Å²) in [7, 11) is 0. The Bertz CT molecular complexity index is 588. The Morgan fingerprint density at radius 1 is 1.45 bits per heavy atom. The average Bonchev–Trinajstić information content (AvgIpc) is 2.87. The van der Waals surface area contributed by atoms with Gasteiger partial charge in [-0.05, 0) is 0 Å². The molecule has 0 amide bonds. The van der Waals surface area contributed by atoms with E-state index in [1.807, 2.05) is 0 Å². The highest BCUT2D eigenvalue weighted by molar-refractivity contribution is 8.14. The van der Waals surface area contributed by atoms with Gasteiger partial charge in [-0.15, -0.1) is 11.8 Å². The first-order chi connectivity index (χ1) is 9.49. The smallest absolute Gasteiger partial charge is 0.341 e. The number of ether oxygens (including phenoxy) is 1. The molecule has 1 aromatic rings. The van der Waals surface area contributed by atoms with E-state index < -0.39 is 24.6 Å². The molecule has 0 saturated carbocycles. The number of carboxylic acid groups (broad SMARTS) is 2. The number of hydrogen-bond donors (Lipinski definition) is 3. The van der Waals surface area contributed by atoms with E-state index in [0.717, 1.165) is 11.8 Å². The Morgan fingerprint density at radius 3 is 2.80 bits per heavy atom. The molecule has 1 atom stereocenters. The maximum absolute atomic E-state index is 10.8. The molecule has 8 nitrogen and oxygen atoms in total. The molecule has 2 heterocycles. The fourth-order valence-electron chi connectivity index (χ4n) is 1.48. The Balaban J connectivity index is 2.25. The first kappa shape index (κ1) is 14.1. The van der Waals surface area contributed by atoms with Crippen molar-refractivity contribution in [1.29, 1.82) is 0 Å². The van der Waals surface area contributed by atoms with E-state index in [0.29, 0.717) is 0 Å². The molecule has 0 saturated heterocycles. The van der Waals surface area contributed by atoms with Gasteiger partial charge >= 0.3 is 11.9 Å². The third-order valence-electron chi connectivity index (χ3n) is 2.38. The number of carbonyl (C=O) groups is 2. The highest BCUT2D eigenvalue weighted by atomic mass is 32.2. The summed E-state index contributed by atoms with van der Waals surface area (Å²) in [5.41, 5.74) is 0.0849. The van der Waals surface area contributed by atoms with Gasteiger partial charge in [-0.2, -0.15) is 0 Å². The van der Waals surface area contributed by atoms with Gasteiger partial charge in [0.15, 0.2) is 24.1 Å². The Morgan fingerprint density at radius 2 is 2.20 bits per heavy atom. The van der Waals surface area contributed by atoms with E-state index in [1.165, 1.54) is 12.3 Å². The highest BCUT2D eigenvalue weighted by Crippen LogP contribution is 2.33. The lowest BCUT2D eigenvalue weighted by Gasteiger charge is -2.08. The Labute approximate surface area is 117 Å². The van der Waals surface area contributed by atoms with E-state index in [9.17, 15) is 14.7 Å². The fraction of sp³-hybridized carbons (Fsp3) is 0.273. The minimum atomic E-state index is -1.18. The summed E-state index contributed by atoms with van der Waals surface area (Å²) in [6, 6.07) is 0.441. The van der Waals surface area contributed by atoms with Crippen LogP contribution in [0.15, 0.2) is 17.3 Å². The van der Waals surface area contributed by atoms with Crippen molar-refractivity contribution in [3.63, 3.8) is 0 Å². The normalized spacial score (nSPS) is 17.6. The first-order valence-electron chi connectivity index (χ1n) is 5.45. The van der Waals surface area contributed by atoms with E-state index in [4.69, 9.17) is 14.9 Å². The first-order valence-corrected chi connectivity index (χ1v) is 6.44. The van der Waals surface area contributed by atoms with Crippen molar-refractivity contribution in [2.75, 3.05) is 12.4 Å². The zero-order chi connectivity index (χ0) is 14.7. The molecule has 0 aliphatic carbocycles. The molecular weight excluding hydrogens is 288 g/mol. The predicted molar refractivity (Wildman–Crippen MR) is 69.5 cm³/mol. The lowest BCUT2D eigenvalue weighted by Crippen LogP contribution is -2.17. The average molecular weight is 298 g/mol. The van der Waals surface area contributed by atoms with Crippen LogP contribution in [0.1, 0.15) is 5.69 Å². The second-order valence-electron chi connectivity index (χ2n) is 3.79. The van der Waals surface area contributed by atoms with Gasteiger partial charge in [0.2, 0.25) is 0 Å². The van der Waals surface area contributed by atoms with Gasteiger partial charge in [-0.3, -0.25) is 4.99 Å². The summed E-state index contributed by atoms with van der Waals surface area (Å²) in [6.07, 6.45) is 1.32. The number of aliphatic carboxylic acids is 2. The maximum atomic E-state index is 10.8. The summed E-state index contributed by atoms with van der Waals surface area (Å²) in [5.74, 6) is -2.37. The molecule has 0 bridgehead atoms. The number of nitrogens with zero attached hydrogens (tertiary/aromatic N) is 2. The van der Waals surface area contributed by atoms with Gasteiger partial charge in [0.1, 0.15) is 10.7 Å². The van der Waals surface area contributed by atoms with Gasteiger partial charge in [-0.25, -0.2) is 14.6 Å². The number of pyridine rings is 1. The molecule has 1 aliphatic heterocycles. The quantitative estimate of drug-likeness (QED) is 0.702. The van der Waals surface area contributed by atoms with Crippen molar-refractivity contribution in [3.8, 4) is 11.5 Å². The molecule has 1 unspecified atom stereocenters. The Hall–Kier alpha value is -2.29.